The first-order chi connectivity index (χ1) is 8.33. The van der Waals surface area contributed by atoms with Gasteiger partial charge < -0.3 is 10.9 Å². The van der Waals surface area contributed by atoms with Gasteiger partial charge in [0.05, 0.1) is 5.75 Å². The van der Waals surface area contributed by atoms with Crippen LogP contribution in [0.15, 0.2) is 5.16 Å². The summed E-state index contributed by atoms with van der Waals surface area (Å²) in [6.45, 7) is 6.61. The van der Waals surface area contributed by atoms with Crippen LogP contribution < -0.4 is 5.73 Å². The normalized spacial score (nSPS) is 13.5. The molecule has 0 radical (unpaired) electrons. The molecule has 0 aliphatic rings. The summed E-state index contributed by atoms with van der Waals surface area (Å²) in [7, 11) is -3.24. The van der Waals surface area contributed by atoms with E-state index in [4.69, 9.17) is 10.9 Å². The molecule has 0 aliphatic carbocycles. The Bertz CT molecular complexity index is 353. The van der Waals surface area contributed by atoms with E-state index in [1.165, 1.54) is 4.31 Å². The topological polar surface area (TPSA) is 96.0 Å². The van der Waals surface area contributed by atoms with E-state index in [9.17, 15) is 8.42 Å². The Hall–Kier alpha value is -0.820. The van der Waals surface area contributed by atoms with Crippen molar-refractivity contribution >= 4 is 15.9 Å². The second-order valence-corrected chi connectivity index (χ2v) is 6.85. The molecule has 6 nitrogen and oxygen atoms in total. The maximum atomic E-state index is 12.1. The maximum Gasteiger partial charge on any atom is 0.214 e. The van der Waals surface area contributed by atoms with Crippen molar-refractivity contribution in [3.8, 4) is 0 Å². The van der Waals surface area contributed by atoms with Crippen LogP contribution in [0.1, 0.15) is 40.0 Å². The lowest BCUT2D eigenvalue weighted by atomic mass is 10.2. The lowest BCUT2D eigenvalue weighted by Gasteiger charge is -2.23. The number of hydrogen-bond acceptors (Lipinski definition) is 4. The molecule has 0 spiro atoms. The molecule has 0 aromatic heterocycles. The second-order valence-electron chi connectivity index (χ2n) is 4.76. The fourth-order valence-electron chi connectivity index (χ4n) is 1.50. The number of rotatable bonds is 9. The zero-order chi connectivity index (χ0) is 14.2. The molecule has 0 bridgehead atoms. The van der Waals surface area contributed by atoms with Gasteiger partial charge in [-0.05, 0) is 12.3 Å². The molecule has 0 atom stereocenters. The average Bonchev–Trinajstić information content (AvgIpc) is 2.30. The third-order valence-electron chi connectivity index (χ3n) is 2.46. The second kappa shape index (κ2) is 8.31. The van der Waals surface area contributed by atoms with E-state index >= 15 is 0 Å². The van der Waals surface area contributed by atoms with Gasteiger partial charge in [0.1, 0.15) is 5.84 Å². The Morgan fingerprint density at radius 1 is 1.44 bits per heavy atom. The first-order valence-corrected chi connectivity index (χ1v) is 7.88. The molecule has 0 rings (SSSR count). The van der Waals surface area contributed by atoms with Crippen LogP contribution in [0.25, 0.3) is 0 Å². The smallest absolute Gasteiger partial charge is 0.214 e. The molecule has 0 fully saturated rings. The molecule has 0 saturated carbocycles. The summed E-state index contributed by atoms with van der Waals surface area (Å²) in [6, 6.07) is 0. The first kappa shape index (κ1) is 17.2. The number of oxime groups is 1. The van der Waals surface area contributed by atoms with Gasteiger partial charge in [-0.1, -0.05) is 32.3 Å². The van der Waals surface area contributed by atoms with Gasteiger partial charge in [-0.2, -0.15) is 0 Å². The van der Waals surface area contributed by atoms with E-state index in [1.807, 2.05) is 20.8 Å². The van der Waals surface area contributed by atoms with Crippen molar-refractivity contribution in [2.45, 2.75) is 40.0 Å². The minimum Gasteiger partial charge on any atom is -0.409 e. The van der Waals surface area contributed by atoms with Crippen molar-refractivity contribution in [3.05, 3.63) is 0 Å². The predicted molar refractivity (Wildman–Crippen MR) is 73.1 cm³/mol. The average molecular weight is 279 g/mol. The molecule has 0 unspecified atom stereocenters. The molecular formula is C11H25N3O3S. The van der Waals surface area contributed by atoms with Gasteiger partial charge in [-0.3, -0.25) is 0 Å². The highest BCUT2D eigenvalue weighted by molar-refractivity contribution is 7.89. The number of sulfonamides is 1. The molecule has 0 aromatic rings. The highest BCUT2D eigenvalue weighted by Gasteiger charge is 2.22. The fourth-order valence-corrected chi connectivity index (χ4v) is 3.30. The van der Waals surface area contributed by atoms with Crippen LogP contribution >= 0.6 is 0 Å². The van der Waals surface area contributed by atoms with Crippen LogP contribution in [-0.4, -0.2) is 42.6 Å². The summed E-state index contributed by atoms with van der Waals surface area (Å²) in [5.41, 5.74) is 5.37. The summed E-state index contributed by atoms with van der Waals surface area (Å²) < 4.78 is 25.7. The lowest BCUT2D eigenvalue weighted by molar-refractivity contribution is 0.314. The highest BCUT2D eigenvalue weighted by Crippen LogP contribution is 2.09. The maximum absolute atomic E-state index is 12.1. The van der Waals surface area contributed by atoms with Crippen molar-refractivity contribution in [3.63, 3.8) is 0 Å². The molecule has 0 saturated heterocycles. The van der Waals surface area contributed by atoms with E-state index in [0.29, 0.717) is 13.0 Å². The summed E-state index contributed by atoms with van der Waals surface area (Å²) >= 11 is 0. The summed E-state index contributed by atoms with van der Waals surface area (Å²) in [6.07, 6.45) is 1.74. The summed E-state index contributed by atoms with van der Waals surface area (Å²) in [4.78, 5) is 0. The van der Waals surface area contributed by atoms with Crippen LogP contribution in [0.2, 0.25) is 0 Å². The minimum atomic E-state index is -3.24. The minimum absolute atomic E-state index is 0.0504. The Kier molecular flexibility index (Phi) is 7.93. The zero-order valence-corrected chi connectivity index (χ0v) is 12.3. The van der Waals surface area contributed by atoms with Crippen LogP contribution in [0.3, 0.4) is 0 Å². The van der Waals surface area contributed by atoms with Gasteiger partial charge >= 0.3 is 0 Å². The number of hydrogen-bond donors (Lipinski definition) is 2. The first-order valence-electron chi connectivity index (χ1n) is 6.27. The molecule has 0 heterocycles. The quantitative estimate of drug-likeness (QED) is 0.287. The van der Waals surface area contributed by atoms with E-state index < -0.39 is 10.0 Å². The summed E-state index contributed by atoms with van der Waals surface area (Å²) in [5, 5.41) is 11.3. The number of nitrogens with zero attached hydrogens (tertiary/aromatic N) is 2. The molecule has 3 N–H and O–H groups in total. The standard InChI is InChI=1S/C11H25N3O3S/c1-4-5-8-18(16,17)14(9-10(2)3)7-6-11(12)13-15/h10,15H,4-9H2,1-3H3,(H2,12,13). The highest BCUT2D eigenvalue weighted by atomic mass is 32.2. The Morgan fingerprint density at radius 2 is 2.06 bits per heavy atom. The van der Waals surface area contributed by atoms with Crippen LogP contribution in [0.4, 0.5) is 0 Å². The molecule has 0 amide bonds. The van der Waals surface area contributed by atoms with E-state index in [0.717, 1.165) is 6.42 Å². The predicted octanol–water partition coefficient (Wildman–Crippen LogP) is 1.21. The molecular weight excluding hydrogens is 254 g/mol. The molecule has 7 heteroatoms. The molecule has 108 valence electrons. The molecule has 0 aromatic carbocycles. The number of amidine groups is 1. The third-order valence-corrected chi connectivity index (χ3v) is 4.39. The van der Waals surface area contributed by atoms with E-state index in [2.05, 4.69) is 5.16 Å². The largest absolute Gasteiger partial charge is 0.409 e. The van der Waals surface area contributed by atoms with Gasteiger partial charge in [0.25, 0.3) is 0 Å². The fraction of sp³-hybridized carbons (Fsp3) is 0.909. The van der Waals surface area contributed by atoms with Crippen molar-refractivity contribution in [1.29, 1.82) is 0 Å². The van der Waals surface area contributed by atoms with Crippen molar-refractivity contribution in [1.82, 2.24) is 4.31 Å². The van der Waals surface area contributed by atoms with Crippen LogP contribution in [0.5, 0.6) is 0 Å². The molecule has 18 heavy (non-hydrogen) atoms. The van der Waals surface area contributed by atoms with Gasteiger partial charge in [0.15, 0.2) is 0 Å². The van der Waals surface area contributed by atoms with Crippen molar-refractivity contribution in [2.24, 2.45) is 16.8 Å². The third kappa shape index (κ3) is 6.80. The van der Waals surface area contributed by atoms with E-state index in [-0.39, 0.29) is 30.5 Å². The van der Waals surface area contributed by atoms with Crippen LogP contribution in [-0.2, 0) is 10.0 Å². The van der Waals surface area contributed by atoms with Gasteiger partial charge in [-0.15, -0.1) is 0 Å². The number of nitrogens with two attached hydrogens (primary N) is 1. The van der Waals surface area contributed by atoms with Crippen LogP contribution in [0, 0.1) is 5.92 Å². The summed E-state index contributed by atoms with van der Waals surface area (Å²) in [5.74, 6) is 0.454. The Balaban J connectivity index is 4.66. The monoisotopic (exact) mass is 279 g/mol. The van der Waals surface area contributed by atoms with Gasteiger partial charge in [-0.25, -0.2) is 12.7 Å². The SMILES string of the molecule is CCCCS(=O)(=O)N(CCC(N)=NO)CC(C)C. The number of unbranched alkanes of at least 4 members (excludes halogenated alkanes) is 1. The zero-order valence-electron chi connectivity index (χ0n) is 11.5. The Labute approximate surface area is 110 Å². The van der Waals surface area contributed by atoms with Gasteiger partial charge in [0, 0.05) is 19.5 Å². The van der Waals surface area contributed by atoms with Crippen molar-refractivity contribution < 1.29 is 13.6 Å². The molecule has 0 aliphatic heterocycles. The van der Waals surface area contributed by atoms with Gasteiger partial charge in [0.2, 0.25) is 10.0 Å². The lowest BCUT2D eigenvalue weighted by Crippen LogP contribution is -2.38. The Morgan fingerprint density at radius 3 is 2.50 bits per heavy atom. The van der Waals surface area contributed by atoms with Crippen molar-refractivity contribution in [2.75, 3.05) is 18.8 Å². The van der Waals surface area contributed by atoms with E-state index in [1.54, 1.807) is 0 Å².